The Morgan fingerprint density at radius 2 is 1.25 bits per heavy atom. The Bertz CT molecular complexity index is 6.00. The van der Waals surface area contributed by atoms with Gasteiger partial charge in [-0.3, -0.25) is 0 Å². The third-order valence-electron chi connectivity index (χ3n) is 0. The predicted octanol–water partition coefficient (Wildman–Crippen LogP) is -1.34. The van der Waals surface area contributed by atoms with Crippen LogP contribution in [0.1, 0.15) is 0 Å². The van der Waals surface area contributed by atoms with Crippen molar-refractivity contribution in [3.63, 3.8) is 0 Å². The Morgan fingerprint density at radius 3 is 1.25 bits per heavy atom. The van der Waals surface area contributed by atoms with Crippen LogP contribution in [0, 0.1) is 0 Å². The van der Waals surface area contributed by atoms with E-state index >= 15 is 0 Å². The first-order valence-corrected chi connectivity index (χ1v) is 0.169. The molecule has 0 saturated heterocycles. The summed E-state index contributed by atoms with van der Waals surface area (Å²) in [7, 11) is 0. The minimum atomic E-state index is 0. The molecule has 0 atom stereocenters. The van der Waals surface area contributed by atoms with E-state index in [0.717, 1.165) is 0 Å². The molecule has 22 valence electrons. The Morgan fingerprint density at radius 1 is 1.25 bits per heavy atom. The predicted molar refractivity (Wildman–Crippen MR) is 12.7 cm³/mol. The maximum Gasteiger partial charge on any atom is 3.00 e. The molecule has 0 radical (unpaired) electrons. The van der Waals surface area contributed by atoms with Crippen molar-refractivity contribution in [1.82, 2.24) is 0 Å². The van der Waals surface area contributed by atoms with Gasteiger partial charge in [0, 0.05) is 0 Å². The molecule has 0 fully saturated rings. The fourth-order valence-corrected chi connectivity index (χ4v) is 0. The SMILES string of the molecule is O.OF.[Al+3]. The smallest absolute Gasteiger partial charge is 0.412 e. The van der Waals surface area contributed by atoms with Crippen LogP contribution in [0.5, 0.6) is 0 Å². The fraction of sp³-hybridized carbons (Fsp3) is 0. The van der Waals surface area contributed by atoms with Gasteiger partial charge in [-0.05, 0) is 0 Å². The van der Waals surface area contributed by atoms with Gasteiger partial charge in [-0.1, -0.05) is 4.53 Å². The third-order valence-corrected chi connectivity index (χ3v) is 0. The summed E-state index contributed by atoms with van der Waals surface area (Å²) in [6.07, 6.45) is 0. The van der Waals surface area contributed by atoms with Gasteiger partial charge in [0.2, 0.25) is 0 Å². The average Bonchev–Trinajstić information content (AvgIpc) is 1.00. The molecule has 4 heavy (non-hydrogen) atoms. The molecule has 0 aromatic rings. The molecule has 0 aliphatic heterocycles. The largest absolute Gasteiger partial charge is 3.00 e. The van der Waals surface area contributed by atoms with Gasteiger partial charge in [0.15, 0.2) is 0 Å². The second-order valence-corrected chi connectivity index (χ2v) is 0. The van der Waals surface area contributed by atoms with E-state index in [-0.39, 0.29) is 22.8 Å². The van der Waals surface area contributed by atoms with E-state index in [0.29, 0.717) is 0 Å². The molecular formula is H3AlFO2+3. The molecule has 3 N–H and O–H groups in total. The number of rotatable bonds is 0. The Labute approximate surface area is 33.6 Å². The van der Waals surface area contributed by atoms with Crippen LogP contribution >= 0.6 is 0 Å². The van der Waals surface area contributed by atoms with Crippen LogP contribution in [-0.4, -0.2) is 28.1 Å². The third kappa shape index (κ3) is 31.1. The van der Waals surface area contributed by atoms with E-state index in [9.17, 15) is 0 Å². The quantitative estimate of drug-likeness (QED) is 0.360. The molecule has 0 aliphatic carbocycles. The first-order valence-electron chi connectivity index (χ1n) is 0.169. The van der Waals surface area contributed by atoms with Gasteiger partial charge in [0.25, 0.3) is 0 Å². The Kier molecular flexibility index (Phi) is 861. The normalized spacial score (nSPS) is 1.50. The summed E-state index contributed by atoms with van der Waals surface area (Å²) >= 11 is 0. The van der Waals surface area contributed by atoms with E-state index in [2.05, 4.69) is 0 Å². The van der Waals surface area contributed by atoms with Crippen molar-refractivity contribution in [3.8, 4) is 0 Å². The van der Waals surface area contributed by atoms with E-state index in [1.54, 1.807) is 0 Å². The molecule has 0 amide bonds. The average molecular weight is 81.0 g/mol. The Balaban J connectivity index is -0.00000000500. The van der Waals surface area contributed by atoms with Crippen LogP contribution in [0.15, 0.2) is 0 Å². The van der Waals surface area contributed by atoms with E-state index < -0.39 is 0 Å². The second kappa shape index (κ2) is 131. The zero-order valence-electron chi connectivity index (χ0n) is 1.90. The van der Waals surface area contributed by atoms with Crippen LogP contribution in [0.2, 0.25) is 0 Å². The van der Waals surface area contributed by atoms with Crippen molar-refractivity contribution in [2.45, 2.75) is 0 Å². The number of hydrogen-bond acceptors (Lipinski definition) is 1. The fourth-order valence-electron chi connectivity index (χ4n) is 0. The van der Waals surface area contributed by atoms with Crippen molar-refractivity contribution < 1.29 is 15.3 Å². The molecule has 0 rings (SSSR count). The summed E-state index contributed by atoms with van der Waals surface area (Å²) in [5.41, 5.74) is 0. The molecule has 0 aromatic carbocycles. The van der Waals surface area contributed by atoms with Crippen LogP contribution in [0.4, 0.5) is 4.53 Å². The first-order chi connectivity index (χ1) is 1.00. The van der Waals surface area contributed by atoms with Gasteiger partial charge in [0.05, 0.1) is 0 Å². The van der Waals surface area contributed by atoms with Gasteiger partial charge in [-0.25, -0.2) is 5.31 Å². The van der Waals surface area contributed by atoms with Gasteiger partial charge in [0.1, 0.15) is 0 Å². The monoisotopic (exact) mass is 81.0 g/mol. The molecule has 0 heterocycles. The summed E-state index contributed by atoms with van der Waals surface area (Å²) < 4.78 is 8.50. The molecule has 4 heteroatoms. The van der Waals surface area contributed by atoms with E-state index in [4.69, 9.17) is 9.84 Å². The van der Waals surface area contributed by atoms with Gasteiger partial charge in [-0.15, -0.1) is 0 Å². The molecule has 2 nitrogen and oxygen atoms in total. The molecular weight excluding hydrogens is 78.0 g/mol. The molecule has 0 spiro atoms. The van der Waals surface area contributed by atoms with Gasteiger partial charge in [-0.2, -0.15) is 0 Å². The number of hydrogen-bond donors (Lipinski definition) is 1. The maximum absolute atomic E-state index is 8.50. The minimum Gasteiger partial charge on any atom is -0.412 e. The summed E-state index contributed by atoms with van der Waals surface area (Å²) in [5.74, 6) is 0. The van der Waals surface area contributed by atoms with Crippen molar-refractivity contribution in [1.29, 1.82) is 0 Å². The summed E-state index contributed by atoms with van der Waals surface area (Å²) in [6.45, 7) is 0. The van der Waals surface area contributed by atoms with Gasteiger partial charge >= 0.3 is 17.4 Å². The van der Waals surface area contributed by atoms with Crippen LogP contribution in [-0.2, 0) is 0 Å². The molecule has 0 aromatic heterocycles. The first kappa shape index (κ1) is 26.2. The molecule has 0 bridgehead atoms. The maximum atomic E-state index is 8.50. The van der Waals surface area contributed by atoms with Crippen molar-refractivity contribution in [3.05, 3.63) is 0 Å². The van der Waals surface area contributed by atoms with Crippen molar-refractivity contribution >= 4 is 17.4 Å². The van der Waals surface area contributed by atoms with E-state index in [1.807, 2.05) is 0 Å². The number of halogens is 1. The zero-order chi connectivity index (χ0) is 2.00. The van der Waals surface area contributed by atoms with Gasteiger partial charge < -0.3 is 5.48 Å². The van der Waals surface area contributed by atoms with E-state index in [1.165, 1.54) is 0 Å². The van der Waals surface area contributed by atoms with Crippen LogP contribution in [0.3, 0.4) is 0 Å². The molecule has 0 unspecified atom stereocenters. The summed E-state index contributed by atoms with van der Waals surface area (Å²) in [5, 5.41) is 5.50. The van der Waals surface area contributed by atoms with Crippen LogP contribution in [0.25, 0.3) is 0 Å². The standard InChI is InChI=1S/Al.FHO.H2O/c;1-2;/h;2H;1H2/q+3;;. The Hall–Kier alpha value is 0.382. The molecule has 0 saturated carbocycles. The molecule has 0 aliphatic rings. The zero-order valence-corrected chi connectivity index (χ0v) is 3.06. The summed E-state index contributed by atoms with van der Waals surface area (Å²) in [6, 6.07) is 0. The second-order valence-electron chi connectivity index (χ2n) is 0. The minimum absolute atomic E-state index is 0. The summed E-state index contributed by atoms with van der Waals surface area (Å²) in [4.78, 5) is 0. The van der Waals surface area contributed by atoms with Crippen LogP contribution < -0.4 is 0 Å². The van der Waals surface area contributed by atoms with Crippen molar-refractivity contribution in [2.75, 3.05) is 0 Å². The topological polar surface area (TPSA) is 51.7 Å². The van der Waals surface area contributed by atoms with Crippen molar-refractivity contribution in [2.24, 2.45) is 0 Å².